The fourth-order valence-electron chi connectivity index (χ4n) is 2.40. The zero-order valence-electron chi connectivity index (χ0n) is 14.4. The minimum Gasteiger partial charge on any atom is -0.483 e. The molecule has 4 heteroatoms. The molecule has 3 nitrogen and oxygen atoms in total. The first-order chi connectivity index (χ1) is 11.4. The van der Waals surface area contributed by atoms with Crippen LogP contribution >= 0.6 is 15.9 Å². The van der Waals surface area contributed by atoms with E-state index in [0.717, 1.165) is 22.2 Å². The van der Waals surface area contributed by atoms with E-state index in [2.05, 4.69) is 54.2 Å². The van der Waals surface area contributed by atoms with E-state index < -0.39 is 0 Å². The maximum atomic E-state index is 12.0. The Kier molecular flexibility index (Phi) is 6.44. The summed E-state index contributed by atoms with van der Waals surface area (Å²) >= 11 is 3.49. The fraction of sp³-hybridized carbons (Fsp3) is 0.350. The van der Waals surface area contributed by atoms with E-state index >= 15 is 0 Å². The summed E-state index contributed by atoms with van der Waals surface area (Å²) < 4.78 is 6.76. The third-order valence-electron chi connectivity index (χ3n) is 3.69. The minimum atomic E-state index is -0.103. The Balaban J connectivity index is 1.86. The summed E-state index contributed by atoms with van der Waals surface area (Å²) in [5.41, 5.74) is 2.23. The van der Waals surface area contributed by atoms with Gasteiger partial charge in [-0.15, -0.1) is 0 Å². The average Bonchev–Trinajstić information content (AvgIpc) is 2.54. The molecule has 2 aromatic rings. The van der Waals surface area contributed by atoms with Crippen LogP contribution < -0.4 is 10.1 Å². The van der Waals surface area contributed by atoms with E-state index in [9.17, 15) is 4.79 Å². The molecule has 2 aromatic carbocycles. The standard InChI is InChI=1S/C20H24BrNO2/c1-20(2,3)17-13-16(21)9-10-18(17)24-14-19(23)22-12-11-15-7-5-4-6-8-15/h4-10,13H,11-12,14H2,1-3H3,(H,22,23). The molecule has 24 heavy (non-hydrogen) atoms. The second-order valence-corrected chi connectivity index (χ2v) is 7.68. The Morgan fingerprint density at radius 3 is 2.50 bits per heavy atom. The monoisotopic (exact) mass is 389 g/mol. The van der Waals surface area contributed by atoms with Crippen LogP contribution in [0.5, 0.6) is 5.75 Å². The first-order valence-corrected chi connectivity index (χ1v) is 8.89. The number of nitrogens with one attached hydrogen (secondary N) is 1. The molecular weight excluding hydrogens is 366 g/mol. The van der Waals surface area contributed by atoms with Crippen LogP contribution in [0.4, 0.5) is 0 Å². The van der Waals surface area contributed by atoms with Gasteiger partial charge >= 0.3 is 0 Å². The number of hydrogen-bond acceptors (Lipinski definition) is 2. The van der Waals surface area contributed by atoms with Gasteiger partial charge in [0.05, 0.1) is 0 Å². The Hall–Kier alpha value is -1.81. The van der Waals surface area contributed by atoms with Crippen LogP contribution in [-0.4, -0.2) is 19.1 Å². The molecule has 1 N–H and O–H groups in total. The van der Waals surface area contributed by atoms with Gasteiger partial charge in [0.15, 0.2) is 6.61 Å². The summed E-state index contributed by atoms with van der Waals surface area (Å²) in [6, 6.07) is 16.0. The molecule has 0 aliphatic rings. The van der Waals surface area contributed by atoms with Gasteiger partial charge in [0, 0.05) is 16.6 Å². The van der Waals surface area contributed by atoms with Crippen LogP contribution in [0, 0.1) is 0 Å². The van der Waals surface area contributed by atoms with Crippen LogP contribution in [0.1, 0.15) is 31.9 Å². The van der Waals surface area contributed by atoms with Gasteiger partial charge in [-0.05, 0) is 35.6 Å². The summed E-state index contributed by atoms with van der Waals surface area (Å²) in [6.45, 7) is 7.02. The van der Waals surface area contributed by atoms with Crippen molar-refractivity contribution in [2.75, 3.05) is 13.2 Å². The second kappa shape index (κ2) is 8.34. The summed E-state index contributed by atoms with van der Waals surface area (Å²) in [5, 5.41) is 2.90. The van der Waals surface area contributed by atoms with E-state index in [1.165, 1.54) is 5.56 Å². The predicted octanol–water partition coefficient (Wildman–Crippen LogP) is 4.48. The van der Waals surface area contributed by atoms with E-state index in [1.54, 1.807) is 0 Å². The van der Waals surface area contributed by atoms with Crippen LogP contribution in [0.3, 0.4) is 0 Å². The summed E-state index contributed by atoms with van der Waals surface area (Å²) in [4.78, 5) is 12.0. The van der Waals surface area contributed by atoms with Gasteiger partial charge < -0.3 is 10.1 Å². The third kappa shape index (κ3) is 5.68. The quantitative estimate of drug-likeness (QED) is 0.790. The topological polar surface area (TPSA) is 38.3 Å². The molecule has 0 radical (unpaired) electrons. The first kappa shape index (κ1) is 18.5. The van der Waals surface area contributed by atoms with Crippen LogP contribution in [0.2, 0.25) is 0 Å². The fourth-order valence-corrected chi connectivity index (χ4v) is 2.76. The molecule has 0 heterocycles. The van der Waals surface area contributed by atoms with E-state index in [1.807, 2.05) is 36.4 Å². The lowest BCUT2D eigenvalue weighted by Crippen LogP contribution is -2.31. The molecule has 1 amide bonds. The van der Waals surface area contributed by atoms with Gasteiger partial charge in [0.1, 0.15) is 5.75 Å². The highest BCUT2D eigenvalue weighted by Gasteiger charge is 2.19. The number of hydrogen-bond donors (Lipinski definition) is 1. The number of benzene rings is 2. The largest absolute Gasteiger partial charge is 0.483 e. The molecule has 0 unspecified atom stereocenters. The molecule has 0 atom stereocenters. The summed E-state index contributed by atoms with van der Waals surface area (Å²) in [5.74, 6) is 0.651. The lowest BCUT2D eigenvalue weighted by molar-refractivity contribution is -0.123. The van der Waals surface area contributed by atoms with E-state index in [0.29, 0.717) is 6.54 Å². The SMILES string of the molecule is CC(C)(C)c1cc(Br)ccc1OCC(=O)NCCc1ccccc1. The third-order valence-corrected chi connectivity index (χ3v) is 4.18. The first-order valence-electron chi connectivity index (χ1n) is 8.10. The summed E-state index contributed by atoms with van der Waals surface area (Å²) in [6.07, 6.45) is 0.818. The van der Waals surface area contributed by atoms with Gasteiger partial charge in [0.25, 0.3) is 5.91 Å². The highest BCUT2D eigenvalue weighted by atomic mass is 79.9. The van der Waals surface area contributed by atoms with Gasteiger partial charge in [-0.2, -0.15) is 0 Å². The second-order valence-electron chi connectivity index (χ2n) is 6.76. The molecule has 0 fully saturated rings. The van der Waals surface area contributed by atoms with E-state index in [4.69, 9.17) is 4.74 Å². The van der Waals surface area contributed by atoms with Crippen molar-refractivity contribution in [1.82, 2.24) is 5.32 Å². The zero-order valence-corrected chi connectivity index (χ0v) is 16.0. The van der Waals surface area contributed by atoms with E-state index in [-0.39, 0.29) is 17.9 Å². The molecular formula is C20H24BrNO2. The lowest BCUT2D eigenvalue weighted by Gasteiger charge is -2.23. The molecule has 0 saturated heterocycles. The zero-order chi connectivity index (χ0) is 17.6. The van der Waals surface area contributed by atoms with Crippen molar-refractivity contribution >= 4 is 21.8 Å². The molecule has 0 aliphatic carbocycles. The normalized spacial score (nSPS) is 11.2. The molecule has 0 aromatic heterocycles. The average molecular weight is 390 g/mol. The number of carbonyl (C=O) groups is 1. The van der Waals surface area contributed by atoms with Crippen LogP contribution in [0.25, 0.3) is 0 Å². The predicted molar refractivity (Wildman–Crippen MR) is 101 cm³/mol. The molecule has 128 valence electrons. The number of carbonyl (C=O) groups excluding carboxylic acids is 1. The summed E-state index contributed by atoms with van der Waals surface area (Å²) in [7, 11) is 0. The Bertz CT molecular complexity index is 678. The molecule has 0 aliphatic heterocycles. The van der Waals surface area contributed by atoms with Crippen LogP contribution in [0.15, 0.2) is 53.0 Å². The number of ether oxygens (including phenoxy) is 1. The molecule has 0 saturated carbocycles. The Morgan fingerprint density at radius 1 is 1.12 bits per heavy atom. The lowest BCUT2D eigenvalue weighted by atomic mass is 9.86. The van der Waals surface area contributed by atoms with Gasteiger partial charge in [-0.25, -0.2) is 0 Å². The van der Waals surface area contributed by atoms with Crippen molar-refractivity contribution < 1.29 is 9.53 Å². The minimum absolute atomic E-state index is 0.0273. The highest BCUT2D eigenvalue weighted by molar-refractivity contribution is 9.10. The van der Waals surface area contributed by atoms with Crippen molar-refractivity contribution in [3.63, 3.8) is 0 Å². The highest BCUT2D eigenvalue weighted by Crippen LogP contribution is 2.33. The van der Waals surface area contributed by atoms with Crippen molar-refractivity contribution in [1.29, 1.82) is 0 Å². The van der Waals surface area contributed by atoms with Gasteiger partial charge in [0.2, 0.25) is 0 Å². The smallest absolute Gasteiger partial charge is 0.257 e. The van der Waals surface area contributed by atoms with Gasteiger partial charge in [-0.1, -0.05) is 67.0 Å². The molecule has 0 spiro atoms. The van der Waals surface area contributed by atoms with Crippen molar-refractivity contribution in [2.24, 2.45) is 0 Å². The maximum absolute atomic E-state index is 12.0. The van der Waals surface area contributed by atoms with Gasteiger partial charge in [-0.3, -0.25) is 4.79 Å². The number of amides is 1. The van der Waals surface area contributed by atoms with Crippen molar-refractivity contribution in [2.45, 2.75) is 32.6 Å². The number of rotatable bonds is 6. The van der Waals surface area contributed by atoms with Crippen molar-refractivity contribution in [3.05, 3.63) is 64.1 Å². The number of halogens is 1. The van der Waals surface area contributed by atoms with Crippen LogP contribution in [-0.2, 0) is 16.6 Å². The Labute approximate surface area is 152 Å². The Morgan fingerprint density at radius 2 is 1.83 bits per heavy atom. The molecule has 2 rings (SSSR count). The van der Waals surface area contributed by atoms with Crippen molar-refractivity contribution in [3.8, 4) is 5.75 Å². The molecule has 0 bridgehead atoms. The maximum Gasteiger partial charge on any atom is 0.257 e.